The molecule has 1 heterocycles. The number of hydrogen-bond acceptors (Lipinski definition) is 2. The molecule has 2 aromatic carbocycles. The molecule has 1 aliphatic carbocycles. The van der Waals surface area contributed by atoms with Gasteiger partial charge in [-0.1, -0.05) is 18.2 Å². The summed E-state index contributed by atoms with van der Waals surface area (Å²) < 4.78 is 27.5. The van der Waals surface area contributed by atoms with Crippen LogP contribution >= 0.6 is 0 Å². The Balaban J connectivity index is 1.69. The first-order chi connectivity index (χ1) is 12.1. The quantitative estimate of drug-likeness (QED) is 0.757. The first-order valence-electron chi connectivity index (χ1n) is 8.02. The smallest absolute Gasteiger partial charge is 0.251 e. The fourth-order valence-corrected chi connectivity index (χ4v) is 2.64. The Morgan fingerprint density at radius 3 is 2.80 bits per heavy atom. The number of benzene rings is 2. The number of aromatic amines is 1. The zero-order valence-electron chi connectivity index (χ0n) is 13.2. The van der Waals surface area contributed by atoms with Crippen LogP contribution in [0.2, 0.25) is 0 Å². The Bertz CT molecular complexity index is 989. The van der Waals surface area contributed by atoms with Crippen molar-refractivity contribution in [1.82, 2.24) is 15.5 Å². The van der Waals surface area contributed by atoms with Crippen molar-refractivity contribution in [2.75, 3.05) is 0 Å². The molecule has 0 aliphatic heterocycles. The number of hydrogen-bond donors (Lipinski definition) is 2. The van der Waals surface area contributed by atoms with Crippen molar-refractivity contribution in [1.29, 1.82) is 0 Å². The topological polar surface area (TPSA) is 57.8 Å². The normalized spacial score (nSPS) is 14.3. The highest BCUT2D eigenvalue weighted by Crippen LogP contribution is 2.24. The zero-order valence-corrected chi connectivity index (χ0v) is 13.2. The largest absolute Gasteiger partial charge is 0.349 e. The second-order valence-electron chi connectivity index (χ2n) is 6.13. The number of amides is 1. The van der Waals surface area contributed by atoms with Crippen LogP contribution in [0.4, 0.5) is 8.78 Å². The molecule has 25 heavy (non-hydrogen) atoms. The van der Waals surface area contributed by atoms with Gasteiger partial charge in [0.05, 0.1) is 5.69 Å². The summed E-state index contributed by atoms with van der Waals surface area (Å²) in [5.41, 5.74) is 1.66. The minimum absolute atomic E-state index is 0.168. The van der Waals surface area contributed by atoms with Gasteiger partial charge in [0.1, 0.15) is 11.3 Å². The van der Waals surface area contributed by atoms with Crippen LogP contribution in [0.25, 0.3) is 23.1 Å². The van der Waals surface area contributed by atoms with Crippen LogP contribution in [0.3, 0.4) is 0 Å². The minimum atomic E-state index is -0.555. The fraction of sp³-hybridized carbons (Fsp3) is 0.158. The van der Waals surface area contributed by atoms with Crippen molar-refractivity contribution >= 4 is 29.0 Å². The number of rotatable bonds is 4. The summed E-state index contributed by atoms with van der Waals surface area (Å²) in [5, 5.41) is 10.1. The second-order valence-corrected chi connectivity index (χ2v) is 6.13. The molecule has 0 bridgehead atoms. The zero-order chi connectivity index (χ0) is 17.4. The SMILES string of the molecule is O=C(NC1CC1)c1cc(F)c2n[nH]c(C=Cc3cccc(F)c3)c2c1. The van der Waals surface area contributed by atoms with E-state index in [9.17, 15) is 13.6 Å². The minimum Gasteiger partial charge on any atom is -0.349 e. The molecule has 3 aromatic rings. The van der Waals surface area contributed by atoms with Gasteiger partial charge in [0, 0.05) is 17.0 Å². The molecule has 0 spiro atoms. The Morgan fingerprint density at radius 2 is 2.04 bits per heavy atom. The van der Waals surface area contributed by atoms with Gasteiger partial charge >= 0.3 is 0 Å². The lowest BCUT2D eigenvalue weighted by Gasteiger charge is -2.04. The molecule has 1 aromatic heterocycles. The summed E-state index contributed by atoms with van der Waals surface area (Å²) >= 11 is 0. The van der Waals surface area contributed by atoms with Crippen LogP contribution in [0, 0.1) is 11.6 Å². The number of carbonyl (C=O) groups is 1. The average Bonchev–Trinajstić information content (AvgIpc) is 3.30. The summed E-state index contributed by atoms with van der Waals surface area (Å²) in [6, 6.07) is 9.13. The third kappa shape index (κ3) is 3.28. The van der Waals surface area contributed by atoms with Crippen LogP contribution in [-0.2, 0) is 0 Å². The Morgan fingerprint density at radius 1 is 1.20 bits per heavy atom. The van der Waals surface area contributed by atoms with Crippen molar-refractivity contribution in [2.45, 2.75) is 18.9 Å². The van der Waals surface area contributed by atoms with E-state index >= 15 is 0 Å². The first kappa shape index (κ1) is 15.5. The number of aromatic nitrogens is 2. The number of H-pyrrole nitrogens is 1. The third-order valence-electron chi connectivity index (χ3n) is 4.11. The van der Waals surface area contributed by atoms with Crippen molar-refractivity contribution in [3.63, 3.8) is 0 Å². The molecule has 0 saturated heterocycles. The van der Waals surface area contributed by atoms with E-state index in [1.54, 1.807) is 30.4 Å². The number of halogens is 2. The highest BCUT2D eigenvalue weighted by Gasteiger charge is 2.24. The second kappa shape index (κ2) is 6.12. The predicted molar refractivity (Wildman–Crippen MR) is 91.9 cm³/mol. The van der Waals surface area contributed by atoms with Gasteiger partial charge in [0.25, 0.3) is 5.91 Å². The molecule has 4 rings (SSSR count). The molecule has 4 nitrogen and oxygen atoms in total. The predicted octanol–water partition coefficient (Wildman–Crippen LogP) is 3.90. The van der Waals surface area contributed by atoms with Crippen LogP contribution in [0.15, 0.2) is 36.4 Å². The highest BCUT2D eigenvalue weighted by molar-refractivity contribution is 6.00. The summed E-state index contributed by atoms with van der Waals surface area (Å²) in [7, 11) is 0. The van der Waals surface area contributed by atoms with Crippen LogP contribution < -0.4 is 5.32 Å². The molecule has 1 amide bonds. The van der Waals surface area contributed by atoms with Gasteiger partial charge in [-0.3, -0.25) is 9.89 Å². The fourth-order valence-electron chi connectivity index (χ4n) is 2.64. The molecule has 1 aliphatic rings. The number of nitrogens with one attached hydrogen (secondary N) is 2. The highest BCUT2D eigenvalue weighted by atomic mass is 19.1. The lowest BCUT2D eigenvalue weighted by atomic mass is 10.1. The van der Waals surface area contributed by atoms with Gasteiger partial charge in [-0.05, 0) is 48.7 Å². The van der Waals surface area contributed by atoms with Crippen molar-refractivity contribution in [3.8, 4) is 0 Å². The monoisotopic (exact) mass is 339 g/mol. The summed E-state index contributed by atoms with van der Waals surface area (Å²) in [6.45, 7) is 0. The van der Waals surface area contributed by atoms with E-state index in [0.29, 0.717) is 16.6 Å². The molecule has 1 saturated carbocycles. The maximum absolute atomic E-state index is 14.3. The molecular weight excluding hydrogens is 324 g/mol. The molecule has 0 radical (unpaired) electrons. The van der Waals surface area contributed by atoms with Gasteiger partial charge in [0.2, 0.25) is 0 Å². The maximum Gasteiger partial charge on any atom is 0.251 e. The summed E-state index contributed by atoms with van der Waals surface area (Å²) in [4.78, 5) is 12.2. The number of carbonyl (C=O) groups excluding carboxylic acids is 1. The molecule has 126 valence electrons. The lowest BCUT2D eigenvalue weighted by molar-refractivity contribution is 0.0951. The Kier molecular flexibility index (Phi) is 3.80. The molecule has 0 unspecified atom stereocenters. The standard InChI is InChI=1S/C19H15F2N3O/c20-13-3-1-2-11(8-13)4-7-17-15-9-12(19(25)22-14-5-6-14)10-16(21)18(15)24-23-17/h1-4,7-10,14H,5-6H2,(H,22,25)(H,23,24). The molecular formula is C19H15F2N3O. The molecule has 6 heteroatoms. The number of fused-ring (bicyclic) bond motifs is 1. The maximum atomic E-state index is 14.3. The summed E-state index contributed by atoms with van der Waals surface area (Å²) in [5.74, 6) is -1.17. The summed E-state index contributed by atoms with van der Waals surface area (Å²) in [6.07, 6.45) is 5.31. The van der Waals surface area contributed by atoms with Crippen molar-refractivity contribution in [2.24, 2.45) is 0 Å². The Labute approximate surface area is 142 Å². The third-order valence-corrected chi connectivity index (χ3v) is 4.11. The van der Waals surface area contributed by atoms with E-state index in [4.69, 9.17) is 0 Å². The van der Waals surface area contributed by atoms with Crippen LogP contribution in [0.1, 0.15) is 34.5 Å². The first-order valence-corrected chi connectivity index (χ1v) is 8.02. The van der Waals surface area contributed by atoms with E-state index in [-0.39, 0.29) is 28.8 Å². The van der Waals surface area contributed by atoms with Crippen LogP contribution in [-0.4, -0.2) is 22.1 Å². The van der Waals surface area contributed by atoms with Gasteiger partial charge in [0.15, 0.2) is 5.82 Å². The molecule has 1 fully saturated rings. The van der Waals surface area contributed by atoms with Gasteiger partial charge in [-0.2, -0.15) is 5.10 Å². The van der Waals surface area contributed by atoms with E-state index < -0.39 is 5.82 Å². The van der Waals surface area contributed by atoms with E-state index in [0.717, 1.165) is 12.8 Å². The van der Waals surface area contributed by atoms with E-state index in [1.807, 2.05) is 0 Å². The van der Waals surface area contributed by atoms with Crippen molar-refractivity contribution in [3.05, 3.63) is 64.9 Å². The van der Waals surface area contributed by atoms with Gasteiger partial charge in [-0.15, -0.1) is 0 Å². The lowest BCUT2D eigenvalue weighted by Crippen LogP contribution is -2.25. The molecule has 0 atom stereocenters. The van der Waals surface area contributed by atoms with Crippen molar-refractivity contribution < 1.29 is 13.6 Å². The number of nitrogens with zero attached hydrogens (tertiary/aromatic N) is 1. The van der Waals surface area contributed by atoms with E-state index in [2.05, 4.69) is 15.5 Å². The van der Waals surface area contributed by atoms with E-state index in [1.165, 1.54) is 18.2 Å². The van der Waals surface area contributed by atoms with Crippen LogP contribution in [0.5, 0.6) is 0 Å². The molecule has 2 N–H and O–H groups in total. The Hall–Kier alpha value is -3.02. The average molecular weight is 339 g/mol. The van der Waals surface area contributed by atoms with Gasteiger partial charge < -0.3 is 5.32 Å². The van der Waals surface area contributed by atoms with Gasteiger partial charge in [-0.25, -0.2) is 8.78 Å².